The monoisotopic (exact) mass is 268 g/mol. The zero-order valence-electron chi connectivity index (χ0n) is 11.3. The minimum absolute atomic E-state index is 0.0946. The first kappa shape index (κ1) is 12.7. The van der Waals surface area contributed by atoms with Crippen LogP contribution in [0.3, 0.4) is 0 Å². The number of rotatable bonds is 4. The van der Waals surface area contributed by atoms with Crippen molar-refractivity contribution in [3.8, 4) is 17.0 Å². The van der Waals surface area contributed by atoms with E-state index < -0.39 is 0 Å². The Morgan fingerprint density at radius 2 is 1.95 bits per heavy atom. The van der Waals surface area contributed by atoms with Gasteiger partial charge in [-0.2, -0.15) is 0 Å². The molecule has 0 saturated heterocycles. The van der Waals surface area contributed by atoms with Gasteiger partial charge in [0, 0.05) is 11.6 Å². The zero-order chi connectivity index (χ0) is 13.9. The van der Waals surface area contributed by atoms with Crippen molar-refractivity contribution in [3.63, 3.8) is 0 Å². The van der Waals surface area contributed by atoms with E-state index in [1.54, 1.807) is 13.2 Å². The van der Waals surface area contributed by atoms with E-state index in [9.17, 15) is 4.79 Å². The Bertz CT molecular complexity index is 619. The maximum absolute atomic E-state index is 12.0. The fourth-order valence-electron chi connectivity index (χ4n) is 1.97. The molecule has 1 amide bonds. The molecule has 1 aliphatic carbocycles. The third-order valence-corrected chi connectivity index (χ3v) is 3.28. The van der Waals surface area contributed by atoms with Crippen molar-refractivity contribution in [2.45, 2.75) is 18.9 Å². The summed E-state index contributed by atoms with van der Waals surface area (Å²) in [6.45, 7) is 0. The number of nitrogens with zero attached hydrogens (tertiary/aromatic N) is 1. The van der Waals surface area contributed by atoms with Crippen LogP contribution in [-0.4, -0.2) is 24.0 Å². The highest BCUT2D eigenvalue weighted by molar-refractivity contribution is 5.93. The molecular weight excluding hydrogens is 252 g/mol. The van der Waals surface area contributed by atoms with Crippen molar-refractivity contribution in [1.29, 1.82) is 0 Å². The van der Waals surface area contributed by atoms with Gasteiger partial charge in [0.25, 0.3) is 5.91 Å². The molecule has 3 rings (SSSR count). The summed E-state index contributed by atoms with van der Waals surface area (Å²) in [7, 11) is 1.64. The number of aromatic nitrogens is 1. The van der Waals surface area contributed by atoms with Gasteiger partial charge in [0.2, 0.25) is 0 Å². The second kappa shape index (κ2) is 5.33. The van der Waals surface area contributed by atoms with E-state index in [2.05, 4.69) is 10.3 Å². The summed E-state index contributed by atoms with van der Waals surface area (Å²) in [6.07, 6.45) is 2.15. The van der Waals surface area contributed by atoms with Crippen LogP contribution in [0.25, 0.3) is 11.3 Å². The van der Waals surface area contributed by atoms with Crippen LogP contribution < -0.4 is 10.1 Å². The quantitative estimate of drug-likeness (QED) is 0.927. The Kier molecular flexibility index (Phi) is 3.37. The van der Waals surface area contributed by atoms with Crippen LogP contribution in [0.1, 0.15) is 23.3 Å². The molecule has 1 aliphatic rings. The highest BCUT2D eigenvalue weighted by Gasteiger charge is 2.24. The molecule has 0 bridgehead atoms. The Balaban J connectivity index is 1.83. The Morgan fingerprint density at radius 3 is 2.60 bits per heavy atom. The number of amides is 1. The van der Waals surface area contributed by atoms with E-state index in [1.165, 1.54) is 0 Å². The second-order valence-corrected chi connectivity index (χ2v) is 4.88. The van der Waals surface area contributed by atoms with Crippen LogP contribution in [0.2, 0.25) is 0 Å². The van der Waals surface area contributed by atoms with Crippen molar-refractivity contribution in [3.05, 3.63) is 48.2 Å². The highest BCUT2D eigenvalue weighted by atomic mass is 16.5. The van der Waals surface area contributed by atoms with Crippen LogP contribution >= 0.6 is 0 Å². The first-order chi connectivity index (χ1) is 9.76. The lowest BCUT2D eigenvalue weighted by Gasteiger charge is -2.06. The number of carbonyl (C=O) groups is 1. The summed E-state index contributed by atoms with van der Waals surface area (Å²) in [5.74, 6) is 0.708. The molecule has 0 spiro atoms. The number of benzene rings is 1. The van der Waals surface area contributed by atoms with Crippen molar-refractivity contribution >= 4 is 5.91 Å². The number of nitrogens with one attached hydrogen (secondary N) is 1. The van der Waals surface area contributed by atoms with E-state index in [-0.39, 0.29) is 5.91 Å². The number of hydrogen-bond donors (Lipinski definition) is 1. The van der Waals surface area contributed by atoms with Gasteiger partial charge in [0.1, 0.15) is 11.4 Å². The van der Waals surface area contributed by atoms with Crippen LogP contribution in [-0.2, 0) is 0 Å². The minimum atomic E-state index is -0.0946. The molecule has 0 radical (unpaired) electrons. The Morgan fingerprint density at radius 1 is 1.20 bits per heavy atom. The summed E-state index contributed by atoms with van der Waals surface area (Å²) in [5, 5.41) is 2.95. The van der Waals surface area contributed by atoms with Gasteiger partial charge in [0.15, 0.2) is 0 Å². The third kappa shape index (κ3) is 2.79. The summed E-state index contributed by atoms with van der Waals surface area (Å²) in [4.78, 5) is 16.4. The third-order valence-electron chi connectivity index (χ3n) is 3.28. The van der Waals surface area contributed by atoms with Gasteiger partial charge in [-0.3, -0.25) is 4.79 Å². The lowest BCUT2D eigenvalue weighted by molar-refractivity contribution is 0.0946. The molecule has 2 aromatic rings. The van der Waals surface area contributed by atoms with Crippen molar-refractivity contribution in [1.82, 2.24) is 10.3 Å². The summed E-state index contributed by atoms with van der Waals surface area (Å²) in [5.41, 5.74) is 2.22. The van der Waals surface area contributed by atoms with Crippen LogP contribution in [0, 0.1) is 0 Å². The fraction of sp³-hybridized carbons (Fsp3) is 0.250. The van der Waals surface area contributed by atoms with Gasteiger partial charge < -0.3 is 10.1 Å². The fourth-order valence-corrected chi connectivity index (χ4v) is 1.97. The molecule has 1 fully saturated rings. The lowest BCUT2D eigenvalue weighted by atomic mass is 10.1. The van der Waals surface area contributed by atoms with E-state index in [0.29, 0.717) is 11.7 Å². The Hall–Kier alpha value is -2.36. The molecule has 1 saturated carbocycles. The molecule has 0 aliphatic heterocycles. The molecule has 1 N–H and O–H groups in total. The lowest BCUT2D eigenvalue weighted by Crippen LogP contribution is -2.26. The smallest absolute Gasteiger partial charge is 0.270 e. The van der Waals surface area contributed by atoms with Crippen LogP contribution in [0.5, 0.6) is 5.75 Å². The highest BCUT2D eigenvalue weighted by Crippen LogP contribution is 2.22. The minimum Gasteiger partial charge on any atom is -0.497 e. The maximum atomic E-state index is 12.0. The number of hydrogen-bond acceptors (Lipinski definition) is 3. The number of methoxy groups -OCH3 is 1. The molecule has 1 aromatic carbocycles. The number of ether oxygens (including phenoxy) is 1. The standard InChI is InChI=1S/C16H16N2O2/c1-20-13-9-5-11(6-10-13)14-3-2-4-15(18-14)16(19)17-12-7-8-12/h2-6,9-10,12H,7-8H2,1H3,(H,17,19). The summed E-state index contributed by atoms with van der Waals surface area (Å²) in [6, 6.07) is 13.5. The maximum Gasteiger partial charge on any atom is 0.270 e. The van der Waals surface area contributed by atoms with Gasteiger partial charge in [-0.05, 0) is 49.2 Å². The van der Waals surface area contributed by atoms with Crippen molar-refractivity contribution in [2.24, 2.45) is 0 Å². The first-order valence-electron chi connectivity index (χ1n) is 6.68. The van der Waals surface area contributed by atoms with Crippen molar-refractivity contribution < 1.29 is 9.53 Å². The van der Waals surface area contributed by atoms with E-state index in [4.69, 9.17) is 4.74 Å². The SMILES string of the molecule is COc1ccc(-c2cccc(C(=O)NC3CC3)n2)cc1. The van der Waals surface area contributed by atoms with Gasteiger partial charge in [-0.15, -0.1) is 0 Å². The average Bonchev–Trinajstić information content (AvgIpc) is 3.31. The number of pyridine rings is 1. The van der Waals surface area contributed by atoms with Gasteiger partial charge in [-0.1, -0.05) is 6.07 Å². The molecule has 1 heterocycles. The van der Waals surface area contributed by atoms with Crippen molar-refractivity contribution in [2.75, 3.05) is 7.11 Å². The van der Waals surface area contributed by atoms with Crippen LogP contribution in [0.15, 0.2) is 42.5 Å². The molecule has 102 valence electrons. The summed E-state index contributed by atoms with van der Waals surface area (Å²) < 4.78 is 5.13. The topological polar surface area (TPSA) is 51.2 Å². The normalized spacial score (nSPS) is 13.8. The molecule has 0 atom stereocenters. The average molecular weight is 268 g/mol. The Labute approximate surface area is 117 Å². The van der Waals surface area contributed by atoms with Gasteiger partial charge >= 0.3 is 0 Å². The molecule has 4 nitrogen and oxygen atoms in total. The van der Waals surface area contributed by atoms with Gasteiger partial charge in [0.05, 0.1) is 12.8 Å². The van der Waals surface area contributed by atoms with Crippen LogP contribution in [0.4, 0.5) is 0 Å². The molecule has 1 aromatic heterocycles. The van der Waals surface area contributed by atoms with E-state index in [1.807, 2.05) is 36.4 Å². The summed E-state index contributed by atoms with van der Waals surface area (Å²) >= 11 is 0. The van der Waals surface area contributed by atoms with Gasteiger partial charge in [-0.25, -0.2) is 4.98 Å². The number of carbonyl (C=O) groups excluding carboxylic acids is 1. The molecular formula is C16H16N2O2. The zero-order valence-corrected chi connectivity index (χ0v) is 11.3. The predicted molar refractivity (Wildman–Crippen MR) is 76.7 cm³/mol. The largest absolute Gasteiger partial charge is 0.497 e. The first-order valence-corrected chi connectivity index (χ1v) is 6.68. The molecule has 20 heavy (non-hydrogen) atoms. The second-order valence-electron chi connectivity index (χ2n) is 4.88. The van der Waals surface area contributed by atoms with E-state index in [0.717, 1.165) is 29.8 Å². The van der Waals surface area contributed by atoms with E-state index >= 15 is 0 Å². The predicted octanol–water partition coefficient (Wildman–Crippen LogP) is 2.65. The molecule has 4 heteroatoms. The molecule has 0 unspecified atom stereocenters.